The van der Waals surface area contributed by atoms with Gasteiger partial charge in [-0.25, -0.2) is 9.18 Å². The second kappa shape index (κ2) is 10.8. The van der Waals surface area contributed by atoms with E-state index in [1.54, 1.807) is 6.07 Å². The highest BCUT2D eigenvalue weighted by Crippen LogP contribution is 2.24. The number of nitrogens with zero attached hydrogens (tertiary/aromatic N) is 2. The van der Waals surface area contributed by atoms with Crippen LogP contribution in [0.25, 0.3) is 0 Å². The maximum atomic E-state index is 13.1. The van der Waals surface area contributed by atoms with Crippen LogP contribution in [0.2, 0.25) is 0 Å². The molecule has 1 heterocycles. The lowest BCUT2D eigenvalue weighted by Crippen LogP contribution is -2.44. The van der Waals surface area contributed by atoms with Crippen LogP contribution in [-0.4, -0.2) is 67.4 Å². The zero-order chi connectivity index (χ0) is 21.3. The first kappa shape index (κ1) is 21.9. The molecule has 0 spiro atoms. The topological polar surface area (TPSA) is 77.1 Å². The van der Waals surface area contributed by atoms with Gasteiger partial charge in [0.15, 0.2) is 0 Å². The van der Waals surface area contributed by atoms with E-state index in [1.165, 1.54) is 12.1 Å². The van der Waals surface area contributed by atoms with E-state index in [-0.39, 0.29) is 5.75 Å². The van der Waals surface area contributed by atoms with Crippen LogP contribution < -0.4 is 10.6 Å². The Kier molecular flexibility index (Phi) is 7.87. The molecule has 1 aliphatic rings. The lowest BCUT2D eigenvalue weighted by Gasteiger charge is -2.32. The van der Waals surface area contributed by atoms with Crippen molar-refractivity contribution in [2.45, 2.75) is 13.0 Å². The average Bonchev–Trinajstić information content (AvgIpc) is 2.72. The lowest BCUT2D eigenvalue weighted by molar-refractivity contribution is 0.130. The third-order valence-corrected chi connectivity index (χ3v) is 5.06. The fourth-order valence-electron chi connectivity index (χ4n) is 3.29. The minimum atomic E-state index is -0.494. The Hall–Kier alpha value is -2.84. The number of carbonyl (C=O) groups is 1. The standard InChI is InChI=1S/C22H29FN4O3/c1-26-9-11-27(12-10-26)8-3-13-30-22(29)25-19-5-2-4-17(14-19)16-24-20-7-6-18(23)15-21(20)28/h2,4-7,14-15,24,28H,3,8-13,16H2,1H3,(H,25,29). The number of hydrogen-bond donors (Lipinski definition) is 3. The number of anilines is 2. The van der Waals surface area contributed by atoms with E-state index < -0.39 is 11.9 Å². The maximum Gasteiger partial charge on any atom is 0.411 e. The van der Waals surface area contributed by atoms with Crippen molar-refractivity contribution in [3.63, 3.8) is 0 Å². The molecule has 3 rings (SSSR count). The predicted octanol–water partition coefficient (Wildman–Crippen LogP) is 3.33. The van der Waals surface area contributed by atoms with E-state index in [2.05, 4.69) is 27.5 Å². The summed E-state index contributed by atoms with van der Waals surface area (Å²) in [7, 11) is 2.13. The smallest absolute Gasteiger partial charge is 0.411 e. The van der Waals surface area contributed by atoms with Gasteiger partial charge in [-0.15, -0.1) is 0 Å². The number of likely N-dealkylation sites (N-methyl/N-ethyl adjacent to an activating group) is 1. The molecule has 0 unspecified atom stereocenters. The first-order valence-electron chi connectivity index (χ1n) is 10.2. The molecule has 0 saturated carbocycles. The first-order valence-corrected chi connectivity index (χ1v) is 10.2. The van der Waals surface area contributed by atoms with Crippen molar-refractivity contribution in [1.29, 1.82) is 0 Å². The van der Waals surface area contributed by atoms with E-state index in [0.717, 1.165) is 50.8 Å². The van der Waals surface area contributed by atoms with Crippen molar-refractivity contribution >= 4 is 17.5 Å². The number of benzene rings is 2. The van der Waals surface area contributed by atoms with Gasteiger partial charge in [0.2, 0.25) is 0 Å². The molecule has 162 valence electrons. The number of aromatic hydroxyl groups is 1. The summed E-state index contributed by atoms with van der Waals surface area (Å²) in [4.78, 5) is 16.7. The van der Waals surface area contributed by atoms with Crippen LogP contribution in [0.15, 0.2) is 42.5 Å². The first-order chi connectivity index (χ1) is 14.5. The van der Waals surface area contributed by atoms with Crippen molar-refractivity contribution in [3.05, 3.63) is 53.8 Å². The van der Waals surface area contributed by atoms with Gasteiger partial charge in [0.25, 0.3) is 0 Å². The quantitative estimate of drug-likeness (QED) is 0.453. The highest BCUT2D eigenvalue weighted by atomic mass is 19.1. The normalized spacial score (nSPS) is 15.0. The second-order valence-corrected chi connectivity index (χ2v) is 7.47. The number of rotatable bonds is 8. The summed E-state index contributed by atoms with van der Waals surface area (Å²) >= 11 is 0. The van der Waals surface area contributed by atoms with Crippen molar-refractivity contribution < 1.29 is 19.0 Å². The van der Waals surface area contributed by atoms with Gasteiger partial charge >= 0.3 is 6.09 Å². The number of phenolic OH excluding ortho intramolecular Hbond substituents is 1. The Morgan fingerprint density at radius 3 is 2.73 bits per heavy atom. The minimum Gasteiger partial charge on any atom is -0.506 e. The molecule has 1 fully saturated rings. The Balaban J connectivity index is 1.39. The van der Waals surface area contributed by atoms with Gasteiger partial charge in [0.05, 0.1) is 12.3 Å². The average molecular weight is 416 g/mol. The summed E-state index contributed by atoms with van der Waals surface area (Å²) in [6.45, 7) is 5.98. The number of nitrogens with one attached hydrogen (secondary N) is 2. The number of carbonyl (C=O) groups excluding carboxylic acids is 1. The van der Waals surface area contributed by atoms with Crippen LogP contribution in [0.5, 0.6) is 5.75 Å². The molecule has 2 aromatic carbocycles. The predicted molar refractivity (Wildman–Crippen MR) is 115 cm³/mol. The molecular formula is C22H29FN4O3. The van der Waals surface area contributed by atoms with E-state index in [1.807, 2.05) is 18.2 Å². The van der Waals surface area contributed by atoms with Gasteiger partial charge in [-0.2, -0.15) is 0 Å². The highest BCUT2D eigenvalue weighted by molar-refractivity contribution is 5.84. The summed E-state index contributed by atoms with van der Waals surface area (Å²) in [6.07, 6.45) is 0.331. The van der Waals surface area contributed by atoms with Gasteiger partial charge < -0.3 is 25.0 Å². The Labute approximate surface area is 176 Å². The van der Waals surface area contributed by atoms with E-state index >= 15 is 0 Å². The monoisotopic (exact) mass is 416 g/mol. The summed E-state index contributed by atoms with van der Waals surface area (Å²) in [5, 5.41) is 15.5. The fourth-order valence-corrected chi connectivity index (χ4v) is 3.29. The fraction of sp³-hybridized carbons (Fsp3) is 0.409. The highest BCUT2D eigenvalue weighted by Gasteiger charge is 2.13. The number of ether oxygens (including phenoxy) is 1. The molecule has 3 N–H and O–H groups in total. The Morgan fingerprint density at radius 1 is 1.17 bits per heavy atom. The molecule has 1 amide bonds. The lowest BCUT2D eigenvalue weighted by atomic mass is 10.2. The number of piperazine rings is 1. The van der Waals surface area contributed by atoms with Crippen molar-refractivity contribution in [3.8, 4) is 5.75 Å². The molecule has 30 heavy (non-hydrogen) atoms. The maximum absolute atomic E-state index is 13.1. The van der Waals surface area contributed by atoms with Crippen molar-refractivity contribution in [2.24, 2.45) is 0 Å². The molecule has 1 saturated heterocycles. The number of halogens is 1. The molecule has 0 atom stereocenters. The third kappa shape index (κ3) is 6.89. The Bertz CT molecular complexity index is 841. The molecule has 1 aliphatic heterocycles. The van der Waals surface area contributed by atoms with Crippen LogP contribution >= 0.6 is 0 Å². The third-order valence-electron chi connectivity index (χ3n) is 5.06. The van der Waals surface area contributed by atoms with Gasteiger partial charge in [-0.1, -0.05) is 12.1 Å². The Morgan fingerprint density at radius 2 is 1.97 bits per heavy atom. The molecule has 2 aromatic rings. The molecule has 0 aliphatic carbocycles. The van der Waals surface area contributed by atoms with Crippen molar-refractivity contribution in [2.75, 3.05) is 57.0 Å². The van der Waals surface area contributed by atoms with Crippen LogP contribution in [0.3, 0.4) is 0 Å². The van der Waals surface area contributed by atoms with E-state index in [0.29, 0.717) is 24.5 Å². The van der Waals surface area contributed by atoms with E-state index in [9.17, 15) is 14.3 Å². The van der Waals surface area contributed by atoms with Crippen LogP contribution in [0.1, 0.15) is 12.0 Å². The molecule has 7 nitrogen and oxygen atoms in total. The number of phenols is 1. The SMILES string of the molecule is CN1CCN(CCCOC(=O)Nc2cccc(CNc3ccc(F)cc3O)c2)CC1. The summed E-state index contributed by atoms with van der Waals surface area (Å²) in [5.41, 5.74) is 1.96. The molecule has 8 heteroatoms. The van der Waals surface area contributed by atoms with Crippen LogP contribution in [0.4, 0.5) is 20.6 Å². The summed E-state index contributed by atoms with van der Waals surface area (Å²) in [6, 6.07) is 11.1. The number of amides is 1. The van der Waals surface area contributed by atoms with Gasteiger partial charge in [0, 0.05) is 51.0 Å². The van der Waals surface area contributed by atoms with Gasteiger partial charge in [-0.05, 0) is 43.3 Å². The van der Waals surface area contributed by atoms with Gasteiger partial charge in [0.1, 0.15) is 11.6 Å². The zero-order valence-corrected chi connectivity index (χ0v) is 17.2. The van der Waals surface area contributed by atoms with Crippen LogP contribution in [0, 0.1) is 5.82 Å². The second-order valence-electron chi connectivity index (χ2n) is 7.47. The molecule has 0 bridgehead atoms. The molecule has 0 radical (unpaired) electrons. The zero-order valence-electron chi connectivity index (χ0n) is 17.2. The minimum absolute atomic E-state index is 0.149. The molecule has 0 aromatic heterocycles. The van der Waals surface area contributed by atoms with Crippen LogP contribution in [-0.2, 0) is 11.3 Å². The molecular weight excluding hydrogens is 387 g/mol. The van der Waals surface area contributed by atoms with Gasteiger partial charge in [-0.3, -0.25) is 5.32 Å². The summed E-state index contributed by atoms with van der Waals surface area (Å²) < 4.78 is 18.3. The summed E-state index contributed by atoms with van der Waals surface area (Å²) in [5.74, 6) is -0.643. The van der Waals surface area contributed by atoms with Crippen molar-refractivity contribution in [1.82, 2.24) is 9.80 Å². The largest absolute Gasteiger partial charge is 0.506 e. The number of hydrogen-bond acceptors (Lipinski definition) is 6. The van der Waals surface area contributed by atoms with E-state index in [4.69, 9.17) is 4.74 Å².